The number of nitrogens with zero attached hydrogens (tertiary/aromatic N) is 2. The highest BCUT2D eigenvalue weighted by Gasteiger charge is 2.67. The normalized spacial score (nSPS) is 36.4. The van der Waals surface area contributed by atoms with E-state index in [1.54, 1.807) is 13.8 Å². The summed E-state index contributed by atoms with van der Waals surface area (Å²) >= 11 is 5.08. The zero-order valence-corrected chi connectivity index (χ0v) is 15.8. The molecule has 8 nitrogen and oxygen atoms in total. The summed E-state index contributed by atoms with van der Waals surface area (Å²) in [5.74, 6) is -1.86. The summed E-state index contributed by atoms with van der Waals surface area (Å²) in [5.41, 5.74) is 1.44. The molecule has 0 bridgehead atoms. The lowest BCUT2D eigenvalue weighted by Crippen LogP contribution is -2.55. The molecule has 14 heteroatoms. The third kappa shape index (κ3) is 3.52. The van der Waals surface area contributed by atoms with Crippen LogP contribution in [-0.4, -0.2) is 46.6 Å². The molecule has 0 radical (unpaired) electrons. The summed E-state index contributed by atoms with van der Waals surface area (Å²) in [6.07, 6.45) is -9.33. The predicted octanol–water partition coefficient (Wildman–Crippen LogP) is 1.90. The number of ether oxygens (including phenoxy) is 1. The Hall–Kier alpha value is -1.11. The van der Waals surface area contributed by atoms with E-state index in [4.69, 9.17) is 35.8 Å². The average molecular weight is 433 g/mol. The van der Waals surface area contributed by atoms with Gasteiger partial charge < -0.3 is 19.5 Å². The second-order valence-electron chi connectivity index (χ2n) is 6.27. The van der Waals surface area contributed by atoms with Gasteiger partial charge in [-0.25, -0.2) is 22.4 Å². The van der Waals surface area contributed by atoms with Crippen molar-refractivity contribution in [3.8, 4) is 0 Å². The monoisotopic (exact) mass is 433 g/mol. The quantitative estimate of drug-likeness (QED) is 0.568. The Morgan fingerprint density at radius 2 is 2.19 bits per heavy atom. The first kappa shape index (κ1) is 20.6. The van der Waals surface area contributed by atoms with Gasteiger partial charge in [0, 0.05) is 0 Å². The minimum absolute atomic E-state index is 0.398. The van der Waals surface area contributed by atoms with E-state index in [0.717, 1.165) is 0 Å². The Morgan fingerprint density at radius 3 is 2.78 bits per heavy atom. The molecule has 0 saturated carbocycles. The van der Waals surface area contributed by atoms with E-state index in [2.05, 4.69) is 4.98 Å². The first-order valence-electron chi connectivity index (χ1n) is 7.74. The van der Waals surface area contributed by atoms with E-state index in [1.807, 2.05) is 0 Å². The highest BCUT2D eigenvalue weighted by atomic mass is 32.5. The first-order chi connectivity index (χ1) is 12.5. The molecule has 1 unspecified atom stereocenters. The summed E-state index contributed by atoms with van der Waals surface area (Å²) in [5, 5.41) is 0. The van der Waals surface area contributed by atoms with Gasteiger partial charge in [0.2, 0.25) is 0 Å². The van der Waals surface area contributed by atoms with E-state index in [-0.39, 0.29) is 0 Å². The highest BCUT2D eigenvalue weighted by Crippen LogP contribution is 2.61. The summed E-state index contributed by atoms with van der Waals surface area (Å²) < 4.78 is 77.6. The van der Waals surface area contributed by atoms with Crippen molar-refractivity contribution in [2.75, 3.05) is 12.3 Å². The van der Waals surface area contributed by atoms with Crippen LogP contribution >= 0.6 is 6.72 Å². The topological polar surface area (TPSA) is 97.8 Å². The third-order valence-electron chi connectivity index (χ3n) is 3.99. The van der Waals surface area contributed by atoms with E-state index in [1.165, 1.54) is 0 Å². The van der Waals surface area contributed by atoms with Crippen LogP contribution in [0.2, 0.25) is 0 Å². The van der Waals surface area contributed by atoms with Gasteiger partial charge in [0.1, 0.15) is 6.10 Å². The van der Waals surface area contributed by atoms with Crippen LogP contribution in [0.5, 0.6) is 0 Å². The molecule has 152 valence electrons. The van der Waals surface area contributed by atoms with Gasteiger partial charge in [0.15, 0.2) is 29.6 Å². The number of alkyl halides is 3. The maximum absolute atomic E-state index is 15.0. The second-order valence-corrected chi connectivity index (χ2v) is 9.19. The van der Waals surface area contributed by atoms with Crippen LogP contribution in [0, 0.1) is 5.82 Å². The number of anilines is 1. The number of aromatic nitrogens is 2. The second kappa shape index (κ2) is 7.05. The molecule has 0 amide bonds. The van der Waals surface area contributed by atoms with Crippen LogP contribution in [0.25, 0.3) is 0 Å². The lowest BCUT2D eigenvalue weighted by molar-refractivity contribution is -0.204. The van der Waals surface area contributed by atoms with E-state index in [9.17, 15) is 18.0 Å². The zero-order valence-electron chi connectivity index (χ0n) is 14.1. The molecular weight excluding hydrogens is 417 g/mol. The lowest BCUT2D eigenvalue weighted by atomic mass is 9.97. The van der Waals surface area contributed by atoms with Crippen molar-refractivity contribution in [1.82, 2.24) is 9.55 Å². The molecule has 2 aliphatic heterocycles. The van der Waals surface area contributed by atoms with Crippen molar-refractivity contribution in [1.29, 1.82) is 0 Å². The maximum Gasteiger partial charge on any atom is 0.351 e. The van der Waals surface area contributed by atoms with Gasteiger partial charge in [-0.1, -0.05) is 0 Å². The number of halogens is 4. The van der Waals surface area contributed by atoms with Gasteiger partial charge in [-0.2, -0.15) is 4.98 Å². The zero-order chi connectivity index (χ0) is 20.1. The average Bonchev–Trinajstić information content (AvgIpc) is 2.84. The number of hydrogen-bond donors (Lipinski definition) is 1. The highest BCUT2D eigenvalue weighted by molar-refractivity contribution is 8.07. The Kier molecular flexibility index (Phi) is 5.38. The molecule has 1 aromatic rings. The smallest absolute Gasteiger partial charge is 0.351 e. The predicted molar refractivity (Wildman–Crippen MR) is 88.0 cm³/mol. The van der Waals surface area contributed by atoms with Gasteiger partial charge in [0.25, 0.3) is 6.43 Å². The molecule has 3 heterocycles. The van der Waals surface area contributed by atoms with Gasteiger partial charge in [-0.15, -0.1) is 0 Å². The number of hydrogen-bond acceptors (Lipinski definition) is 8. The number of fused-ring (bicyclic) bond motifs is 1. The Labute approximate surface area is 155 Å². The van der Waals surface area contributed by atoms with E-state index < -0.39 is 67.3 Å². The third-order valence-corrected chi connectivity index (χ3v) is 6.43. The Balaban J connectivity index is 2.00. The summed E-state index contributed by atoms with van der Waals surface area (Å²) in [7, 11) is 0. The maximum atomic E-state index is 15.0. The van der Waals surface area contributed by atoms with Crippen molar-refractivity contribution in [2.45, 2.75) is 50.5 Å². The van der Waals surface area contributed by atoms with Crippen LogP contribution in [-0.2, 0) is 30.1 Å². The molecule has 0 spiro atoms. The fraction of sp³-hybridized carbons (Fsp3) is 0.692. The molecule has 5 atom stereocenters. The SMILES string of the molecule is CC(C)OP1(=S)OC[C@@]2(C(F)F)O[C@@H](n3cc(F)c(N)nc3=O)[C@@H](F)[C@@H]2O1. The van der Waals surface area contributed by atoms with Crippen molar-refractivity contribution in [3.05, 3.63) is 22.5 Å². The van der Waals surface area contributed by atoms with Gasteiger partial charge in [-0.3, -0.25) is 9.09 Å². The van der Waals surface area contributed by atoms with Gasteiger partial charge in [0.05, 0.1) is 18.9 Å². The van der Waals surface area contributed by atoms with Crippen LogP contribution in [0.4, 0.5) is 23.4 Å². The molecule has 2 aliphatic rings. The Morgan fingerprint density at radius 1 is 1.52 bits per heavy atom. The molecule has 0 aromatic carbocycles. The first-order valence-corrected chi connectivity index (χ1v) is 10.3. The van der Waals surface area contributed by atoms with E-state index >= 15 is 4.39 Å². The van der Waals surface area contributed by atoms with Crippen molar-refractivity contribution >= 4 is 24.3 Å². The molecule has 3 rings (SSSR count). The van der Waals surface area contributed by atoms with Gasteiger partial charge >= 0.3 is 12.4 Å². The minimum Gasteiger partial charge on any atom is -0.381 e. The van der Waals surface area contributed by atoms with Crippen molar-refractivity contribution < 1.29 is 35.9 Å². The van der Waals surface area contributed by atoms with Crippen LogP contribution in [0.15, 0.2) is 11.0 Å². The molecule has 27 heavy (non-hydrogen) atoms. The molecule has 0 aliphatic carbocycles. The summed E-state index contributed by atoms with van der Waals surface area (Å²) in [6.45, 7) is -1.13. The number of nitrogens with two attached hydrogens (primary N) is 1. The summed E-state index contributed by atoms with van der Waals surface area (Å²) in [6, 6.07) is 0. The molecule has 2 N–H and O–H groups in total. The fourth-order valence-corrected chi connectivity index (χ4v) is 5.36. The number of nitrogen functional groups attached to an aromatic ring is 1. The number of rotatable bonds is 4. The minimum atomic E-state index is -3.52. The lowest BCUT2D eigenvalue weighted by Gasteiger charge is -2.41. The molecule has 2 saturated heterocycles. The molecular formula is C13H16F4N3O5PS. The fourth-order valence-electron chi connectivity index (χ4n) is 2.79. The Bertz CT molecular complexity index is 843. The summed E-state index contributed by atoms with van der Waals surface area (Å²) in [4.78, 5) is 15.1. The van der Waals surface area contributed by atoms with Crippen molar-refractivity contribution in [3.63, 3.8) is 0 Å². The van der Waals surface area contributed by atoms with Crippen LogP contribution < -0.4 is 11.4 Å². The molecule has 1 aromatic heterocycles. The standard InChI is InChI=1S/C13H16F4N3O5PS/c1-5(2)24-26(27)22-4-13(11(16)17)8(25-26)7(15)10(23-13)20-3-6(14)9(18)19-12(20)21/h3,5,7-8,10-11H,4H2,1-2H3,(H2,18,19,21)/t7-,8-,10+,13+,26?/m0/s1. The molecule has 2 fully saturated rings. The van der Waals surface area contributed by atoms with Crippen molar-refractivity contribution in [2.24, 2.45) is 0 Å². The largest absolute Gasteiger partial charge is 0.381 e. The van der Waals surface area contributed by atoms with Gasteiger partial charge in [-0.05, 0) is 25.7 Å². The van der Waals surface area contributed by atoms with E-state index in [0.29, 0.717) is 10.8 Å². The van der Waals surface area contributed by atoms with Crippen LogP contribution in [0.3, 0.4) is 0 Å². The van der Waals surface area contributed by atoms with Crippen LogP contribution in [0.1, 0.15) is 20.1 Å².